The SMILES string of the molecule is CC(=O)SCCC(=O)OC(C(=O)O)c1ccccc1. The van der Waals surface area contributed by atoms with E-state index in [9.17, 15) is 14.4 Å². The molecule has 0 aromatic heterocycles. The number of thioether (sulfide) groups is 1. The number of ether oxygens (including phenoxy) is 1. The first-order chi connectivity index (χ1) is 9.00. The Labute approximate surface area is 115 Å². The predicted molar refractivity (Wildman–Crippen MR) is 70.7 cm³/mol. The fraction of sp³-hybridized carbons (Fsp3) is 0.308. The van der Waals surface area contributed by atoms with Gasteiger partial charge < -0.3 is 9.84 Å². The fourth-order valence-corrected chi connectivity index (χ4v) is 1.91. The second-order valence-corrected chi connectivity index (χ2v) is 4.98. The quantitative estimate of drug-likeness (QED) is 0.804. The summed E-state index contributed by atoms with van der Waals surface area (Å²) < 4.78 is 4.92. The van der Waals surface area contributed by atoms with Gasteiger partial charge in [0.2, 0.25) is 6.10 Å². The third-order valence-corrected chi connectivity index (χ3v) is 3.00. The van der Waals surface area contributed by atoms with Crippen molar-refractivity contribution in [2.75, 3.05) is 5.75 Å². The van der Waals surface area contributed by atoms with E-state index in [4.69, 9.17) is 9.84 Å². The van der Waals surface area contributed by atoms with Crippen LogP contribution in [0.4, 0.5) is 0 Å². The number of hydrogen-bond acceptors (Lipinski definition) is 5. The van der Waals surface area contributed by atoms with E-state index in [1.807, 2.05) is 0 Å². The molecule has 1 unspecified atom stereocenters. The van der Waals surface area contributed by atoms with Crippen molar-refractivity contribution in [2.24, 2.45) is 0 Å². The molecule has 0 amide bonds. The summed E-state index contributed by atoms with van der Waals surface area (Å²) in [6, 6.07) is 8.25. The minimum atomic E-state index is -1.31. The molecule has 1 N–H and O–H groups in total. The van der Waals surface area contributed by atoms with Gasteiger partial charge in [-0.25, -0.2) is 4.79 Å². The van der Waals surface area contributed by atoms with E-state index >= 15 is 0 Å². The number of aliphatic carboxylic acids is 1. The molecule has 0 heterocycles. The van der Waals surface area contributed by atoms with Crippen LogP contribution in [0.1, 0.15) is 25.0 Å². The maximum atomic E-state index is 11.5. The van der Waals surface area contributed by atoms with Crippen LogP contribution in [0, 0.1) is 0 Å². The molecule has 0 saturated carbocycles. The van der Waals surface area contributed by atoms with Crippen LogP contribution in [-0.4, -0.2) is 27.9 Å². The summed E-state index contributed by atoms with van der Waals surface area (Å²) in [7, 11) is 0. The summed E-state index contributed by atoms with van der Waals surface area (Å²) in [5.74, 6) is -1.57. The van der Waals surface area contributed by atoms with Crippen LogP contribution in [0.3, 0.4) is 0 Å². The number of rotatable bonds is 6. The van der Waals surface area contributed by atoms with Crippen LogP contribution < -0.4 is 0 Å². The van der Waals surface area contributed by atoms with Gasteiger partial charge in [-0.1, -0.05) is 42.1 Å². The van der Waals surface area contributed by atoms with Crippen LogP contribution in [-0.2, 0) is 19.1 Å². The molecule has 1 atom stereocenters. The summed E-state index contributed by atoms with van der Waals surface area (Å²) in [5, 5.41) is 8.96. The van der Waals surface area contributed by atoms with Crippen molar-refractivity contribution in [2.45, 2.75) is 19.4 Å². The van der Waals surface area contributed by atoms with Crippen molar-refractivity contribution in [3.63, 3.8) is 0 Å². The number of carbonyl (C=O) groups excluding carboxylic acids is 2. The van der Waals surface area contributed by atoms with E-state index < -0.39 is 18.0 Å². The smallest absolute Gasteiger partial charge is 0.349 e. The molecule has 1 aromatic carbocycles. The van der Waals surface area contributed by atoms with Crippen LogP contribution in [0.15, 0.2) is 30.3 Å². The average Bonchev–Trinajstić information content (AvgIpc) is 2.36. The zero-order chi connectivity index (χ0) is 14.3. The van der Waals surface area contributed by atoms with Crippen LogP contribution in [0.5, 0.6) is 0 Å². The maximum Gasteiger partial charge on any atom is 0.349 e. The first-order valence-electron chi connectivity index (χ1n) is 5.61. The summed E-state index contributed by atoms with van der Waals surface area (Å²) in [4.78, 5) is 33.3. The Balaban J connectivity index is 2.57. The highest BCUT2D eigenvalue weighted by Crippen LogP contribution is 2.18. The molecular weight excluding hydrogens is 268 g/mol. The molecule has 0 radical (unpaired) electrons. The van der Waals surface area contributed by atoms with Crippen molar-refractivity contribution < 1.29 is 24.2 Å². The van der Waals surface area contributed by atoms with Crippen LogP contribution >= 0.6 is 11.8 Å². The molecule has 1 rings (SSSR count). The molecule has 0 aliphatic rings. The Morgan fingerprint density at radius 3 is 2.42 bits per heavy atom. The lowest BCUT2D eigenvalue weighted by molar-refractivity contribution is -0.164. The second-order valence-electron chi connectivity index (χ2n) is 3.71. The largest absolute Gasteiger partial charge is 0.478 e. The third kappa shape index (κ3) is 5.56. The number of carboxylic acid groups (broad SMARTS) is 1. The monoisotopic (exact) mass is 282 g/mol. The Morgan fingerprint density at radius 2 is 1.89 bits per heavy atom. The lowest BCUT2D eigenvalue weighted by Crippen LogP contribution is -2.19. The minimum absolute atomic E-state index is 0.000853. The van der Waals surface area contributed by atoms with Gasteiger partial charge in [0.15, 0.2) is 5.12 Å². The summed E-state index contributed by atoms with van der Waals surface area (Å²) in [6.07, 6.45) is -1.31. The Hall–Kier alpha value is -1.82. The van der Waals surface area contributed by atoms with Gasteiger partial charge in [0, 0.05) is 18.2 Å². The van der Waals surface area contributed by atoms with Crippen molar-refractivity contribution in [1.82, 2.24) is 0 Å². The molecule has 1 aromatic rings. The third-order valence-electron chi connectivity index (χ3n) is 2.19. The predicted octanol–water partition coefficient (Wildman–Crippen LogP) is 2.03. The first-order valence-corrected chi connectivity index (χ1v) is 6.60. The lowest BCUT2D eigenvalue weighted by Gasteiger charge is -2.13. The molecule has 5 nitrogen and oxygen atoms in total. The van der Waals surface area contributed by atoms with Gasteiger partial charge in [-0.15, -0.1) is 0 Å². The molecular formula is C13H14O5S. The van der Waals surface area contributed by atoms with Crippen molar-refractivity contribution in [3.05, 3.63) is 35.9 Å². The number of carboxylic acids is 1. The van der Waals surface area contributed by atoms with Crippen LogP contribution in [0.2, 0.25) is 0 Å². The Bertz CT molecular complexity index is 457. The fourth-order valence-electron chi connectivity index (χ4n) is 1.36. The van der Waals surface area contributed by atoms with E-state index in [-0.39, 0.29) is 17.3 Å². The van der Waals surface area contributed by atoms with Crippen molar-refractivity contribution in [3.8, 4) is 0 Å². The van der Waals surface area contributed by atoms with E-state index in [0.29, 0.717) is 5.56 Å². The zero-order valence-electron chi connectivity index (χ0n) is 10.4. The summed E-state index contributed by atoms with van der Waals surface area (Å²) in [6.45, 7) is 1.40. The summed E-state index contributed by atoms with van der Waals surface area (Å²) in [5.41, 5.74) is 0.405. The van der Waals surface area contributed by atoms with E-state index in [1.54, 1.807) is 30.3 Å². The van der Waals surface area contributed by atoms with Gasteiger partial charge in [-0.05, 0) is 0 Å². The van der Waals surface area contributed by atoms with Gasteiger partial charge in [0.25, 0.3) is 0 Å². The van der Waals surface area contributed by atoms with Gasteiger partial charge in [0.05, 0.1) is 6.42 Å². The number of esters is 1. The highest BCUT2D eigenvalue weighted by atomic mass is 32.2. The van der Waals surface area contributed by atoms with E-state index in [0.717, 1.165) is 11.8 Å². The highest BCUT2D eigenvalue weighted by Gasteiger charge is 2.23. The van der Waals surface area contributed by atoms with Gasteiger partial charge in [-0.2, -0.15) is 0 Å². The summed E-state index contributed by atoms with van der Waals surface area (Å²) >= 11 is 1.00. The van der Waals surface area contributed by atoms with E-state index in [1.165, 1.54) is 6.92 Å². The molecule has 0 aliphatic carbocycles. The standard InChI is InChI=1S/C13H14O5S/c1-9(14)19-8-7-11(15)18-12(13(16)17)10-5-3-2-4-6-10/h2-6,12H,7-8H2,1H3,(H,16,17). The van der Waals surface area contributed by atoms with Crippen LogP contribution in [0.25, 0.3) is 0 Å². The van der Waals surface area contributed by atoms with Gasteiger partial charge in [0.1, 0.15) is 0 Å². The molecule has 6 heteroatoms. The van der Waals surface area contributed by atoms with E-state index in [2.05, 4.69) is 0 Å². The topological polar surface area (TPSA) is 80.7 Å². The van der Waals surface area contributed by atoms with Crippen molar-refractivity contribution in [1.29, 1.82) is 0 Å². The van der Waals surface area contributed by atoms with Crippen molar-refractivity contribution >= 4 is 28.8 Å². The van der Waals surface area contributed by atoms with Gasteiger partial charge in [-0.3, -0.25) is 9.59 Å². The maximum absolute atomic E-state index is 11.5. The first kappa shape index (κ1) is 15.2. The second kappa shape index (κ2) is 7.58. The average molecular weight is 282 g/mol. The molecule has 0 fully saturated rings. The normalized spacial score (nSPS) is 11.6. The molecule has 0 aliphatic heterocycles. The molecule has 0 saturated heterocycles. The molecule has 0 spiro atoms. The molecule has 0 bridgehead atoms. The zero-order valence-corrected chi connectivity index (χ0v) is 11.2. The number of benzene rings is 1. The molecule has 19 heavy (non-hydrogen) atoms. The number of hydrogen-bond donors (Lipinski definition) is 1. The molecule has 102 valence electrons. The number of carbonyl (C=O) groups is 3. The minimum Gasteiger partial charge on any atom is -0.478 e. The highest BCUT2D eigenvalue weighted by molar-refractivity contribution is 8.13. The van der Waals surface area contributed by atoms with Gasteiger partial charge >= 0.3 is 11.9 Å². The Morgan fingerprint density at radius 1 is 1.26 bits per heavy atom. The Kier molecular flexibility index (Phi) is 6.08. The lowest BCUT2D eigenvalue weighted by atomic mass is 10.1.